The first kappa shape index (κ1) is 13.4. The number of hydrogen-bond donors (Lipinski definition) is 3. The Bertz CT molecular complexity index is 485. The van der Waals surface area contributed by atoms with Crippen molar-refractivity contribution in [2.45, 2.75) is 32.4 Å². The highest BCUT2D eigenvalue weighted by Crippen LogP contribution is 2.44. The van der Waals surface area contributed by atoms with Gasteiger partial charge in [0.2, 0.25) is 0 Å². The molecular formula is C14H18N2O3. The molecule has 1 unspecified atom stereocenters. The Hall–Kier alpha value is -2.04. The Kier molecular flexibility index (Phi) is 3.46. The molecule has 1 aromatic rings. The van der Waals surface area contributed by atoms with Gasteiger partial charge < -0.3 is 15.7 Å². The van der Waals surface area contributed by atoms with Gasteiger partial charge in [0.05, 0.1) is 0 Å². The van der Waals surface area contributed by atoms with Crippen molar-refractivity contribution in [2.75, 3.05) is 0 Å². The molecule has 5 heteroatoms. The van der Waals surface area contributed by atoms with Gasteiger partial charge in [0, 0.05) is 6.04 Å². The summed E-state index contributed by atoms with van der Waals surface area (Å²) in [5.74, 6) is -1.07. The molecule has 0 radical (unpaired) electrons. The molecule has 1 aliphatic carbocycles. The van der Waals surface area contributed by atoms with Gasteiger partial charge >= 0.3 is 12.0 Å². The Labute approximate surface area is 112 Å². The predicted molar refractivity (Wildman–Crippen MR) is 70.7 cm³/mol. The highest BCUT2D eigenvalue weighted by atomic mass is 16.4. The van der Waals surface area contributed by atoms with E-state index in [1.165, 1.54) is 0 Å². The van der Waals surface area contributed by atoms with Crippen LogP contribution in [0.2, 0.25) is 0 Å². The first-order chi connectivity index (χ1) is 8.90. The molecule has 0 heterocycles. The fraction of sp³-hybridized carbons (Fsp3) is 0.429. The van der Waals surface area contributed by atoms with Gasteiger partial charge in [-0.1, -0.05) is 44.2 Å². The highest BCUT2D eigenvalue weighted by Gasteiger charge is 2.46. The average Bonchev–Trinajstić information content (AvgIpc) is 2.94. The molecular weight excluding hydrogens is 244 g/mol. The van der Waals surface area contributed by atoms with Gasteiger partial charge in [-0.3, -0.25) is 0 Å². The maximum absolute atomic E-state index is 11.8. The van der Waals surface area contributed by atoms with Gasteiger partial charge in [0.15, 0.2) is 6.04 Å². The Morgan fingerprint density at radius 3 is 2.37 bits per heavy atom. The molecule has 2 amide bonds. The molecule has 1 fully saturated rings. The SMILES string of the molecule is CC1(C)CC1NC(=O)N[C@H](C(=O)O)c1ccccc1. The fourth-order valence-electron chi connectivity index (χ4n) is 1.98. The molecule has 1 aromatic carbocycles. The van der Waals surface area contributed by atoms with E-state index in [4.69, 9.17) is 0 Å². The molecule has 1 aliphatic rings. The highest BCUT2D eigenvalue weighted by molar-refractivity contribution is 5.84. The van der Waals surface area contributed by atoms with E-state index in [0.717, 1.165) is 6.42 Å². The van der Waals surface area contributed by atoms with Crippen molar-refractivity contribution in [1.29, 1.82) is 0 Å². The first-order valence-electron chi connectivity index (χ1n) is 6.25. The van der Waals surface area contributed by atoms with Crippen LogP contribution in [0.1, 0.15) is 31.9 Å². The van der Waals surface area contributed by atoms with E-state index >= 15 is 0 Å². The number of carbonyl (C=O) groups is 2. The van der Waals surface area contributed by atoms with E-state index in [-0.39, 0.29) is 11.5 Å². The van der Waals surface area contributed by atoms with E-state index < -0.39 is 18.0 Å². The number of carbonyl (C=O) groups excluding carboxylic acids is 1. The van der Waals surface area contributed by atoms with Crippen molar-refractivity contribution >= 4 is 12.0 Å². The van der Waals surface area contributed by atoms with Gasteiger partial charge in [-0.25, -0.2) is 9.59 Å². The van der Waals surface area contributed by atoms with Crippen molar-refractivity contribution in [1.82, 2.24) is 10.6 Å². The maximum atomic E-state index is 11.8. The van der Waals surface area contributed by atoms with E-state index in [2.05, 4.69) is 24.5 Å². The topological polar surface area (TPSA) is 78.4 Å². The zero-order valence-corrected chi connectivity index (χ0v) is 11.0. The second kappa shape index (κ2) is 4.91. The second-order valence-corrected chi connectivity index (χ2v) is 5.55. The van der Waals surface area contributed by atoms with Crippen LogP contribution < -0.4 is 10.6 Å². The minimum Gasteiger partial charge on any atom is -0.479 e. The third-order valence-electron chi connectivity index (χ3n) is 3.47. The summed E-state index contributed by atoms with van der Waals surface area (Å²) in [4.78, 5) is 23.0. The van der Waals surface area contributed by atoms with Crippen LogP contribution in [-0.2, 0) is 4.79 Å². The molecule has 3 N–H and O–H groups in total. The standard InChI is InChI=1S/C14H18N2O3/c1-14(2)8-10(14)15-13(19)16-11(12(17)18)9-6-4-3-5-7-9/h3-7,10-11H,8H2,1-2H3,(H,17,18)(H2,15,16,19)/t10?,11-/m0/s1. The molecule has 5 nitrogen and oxygen atoms in total. The van der Waals surface area contributed by atoms with Crippen LogP contribution >= 0.6 is 0 Å². The van der Waals surface area contributed by atoms with Crippen molar-refractivity contribution in [3.63, 3.8) is 0 Å². The summed E-state index contributed by atoms with van der Waals surface area (Å²) < 4.78 is 0. The minimum absolute atomic E-state index is 0.114. The molecule has 0 saturated heterocycles. The quantitative estimate of drug-likeness (QED) is 0.775. The van der Waals surface area contributed by atoms with Gasteiger partial charge in [-0.15, -0.1) is 0 Å². The van der Waals surface area contributed by atoms with Crippen LogP contribution in [0.25, 0.3) is 0 Å². The van der Waals surface area contributed by atoms with Crippen molar-refractivity contribution in [2.24, 2.45) is 5.41 Å². The lowest BCUT2D eigenvalue weighted by Gasteiger charge is -2.16. The number of aliphatic carboxylic acids is 1. The normalized spacial score (nSPS) is 21.3. The Balaban J connectivity index is 1.98. The average molecular weight is 262 g/mol. The molecule has 2 rings (SSSR count). The van der Waals surface area contributed by atoms with Crippen molar-refractivity contribution in [3.8, 4) is 0 Å². The largest absolute Gasteiger partial charge is 0.479 e. The van der Waals surface area contributed by atoms with Crippen LogP contribution in [0.4, 0.5) is 4.79 Å². The molecule has 0 bridgehead atoms. The zero-order chi connectivity index (χ0) is 14.0. The summed E-state index contributed by atoms with van der Waals surface area (Å²) in [5, 5.41) is 14.5. The number of rotatable bonds is 4. The van der Waals surface area contributed by atoms with E-state index in [0.29, 0.717) is 5.56 Å². The van der Waals surface area contributed by atoms with Crippen LogP contribution in [0.5, 0.6) is 0 Å². The smallest absolute Gasteiger partial charge is 0.330 e. The zero-order valence-electron chi connectivity index (χ0n) is 11.0. The lowest BCUT2D eigenvalue weighted by Crippen LogP contribution is -2.42. The van der Waals surface area contributed by atoms with Crippen LogP contribution in [-0.4, -0.2) is 23.1 Å². The molecule has 0 aliphatic heterocycles. The number of hydrogen-bond acceptors (Lipinski definition) is 2. The van der Waals surface area contributed by atoms with Gasteiger partial charge in [0.1, 0.15) is 0 Å². The van der Waals surface area contributed by atoms with Gasteiger partial charge in [0.25, 0.3) is 0 Å². The number of urea groups is 1. The first-order valence-corrected chi connectivity index (χ1v) is 6.25. The number of carboxylic acid groups (broad SMARTS) is 1. The predicted octanol–water partition coefficient (Wildman–Crippen LogP) is 1.91. The summed E-state index contributed by atoms with van der Waals surface area (Å²) in [7, 11) is 0. The number of benzene rings is 1. The summed E-state index contributed by atoms with van der Waals surface area (Å²) in [6, 6.07) is 7.31. The third-order valence-corrected chi connectivity index (χ3v) is 3.47. The van der Waals surface area contributed by atoms with Gasteiger partial charge in [-0.2, -0.15) is 0 Å². The van der Waals surface area contributed by atoms with E-state index in [1.54, 1.807) is 30.3 Å². The molecule has 19 heavy (non-hydrogen) atoms. The second-order valence-electron chi connectivity index (χ2n) is 5.55. The molecule has 0 spiro atoms. The summed E-state index contributed by atoms with van der Waals surface area (Å²) in [5.41, 5.74) is 0.670. The number of carboxylic acids is 1. The Morgan fingerprint density at radius 1 is 1.32 bits per heavy atom. The number of amides is 2. The molecule has 1 saturated carbocycles. The lowest BCUT2D eigenvalue weighted by atomic mass is 10.1. The minimum atomic E-state index is -1.07. The number of nitrogens with one attached hydrogen (secondary N) is 2. The summed E-state index contributed by atoms with van der Waals surface area (Å²) >= 11 is 0. The molecule has 0 aromatic heterocycles. The van der Waals surface area contributed by atoms with Gasteiger partial charge in [-0.05, 0) is 17.4 Å². The fourth-order valence-corrected chi connectivity index (χ4v) is 1.98. The lowest BCUT2D eigenvalue weighted by molar-refractivity contribution is -0.139. The summed E-state index contributed by atoms with van der Waals surface area (Å²) in [6.45, 7) is 4.12. The van der Waals surface area contributed by atoms with E-state index in [1.807, 2.05) is 0 Å². The van der Waals surface area contributed by atoms with E-state index in [9.17, 15) is 14.7 Å². The molecule has 102 valence electrons. The summed E-state index contributed by atoms with van der Waals surface area (Å²) in [6.07, 6.45) is 0.920. The molecule has 2 atom stereocenters. The third kappa shape index (κ3) is 3.24. The monoisotopic (exact) mass is 262 g/mol. The van der Waals surface area contributed by atoms with Crippen molar-refractivity contribution < 1.29 is 14.7 Å². The van der Waals surface area contributed by atoms with Crippen LogP contribution in [0.3, 0.4) is 0 Å². The van der Waals surface area contributed by atoms with Crippen molar-refractivity contribution in [3.05, 3.63) is 35.9 Å². The maximum Gasteiger partial charge on any atom is 0.330 e. The van der Waals surface area contributed by atoms with Crippen LogP contribution in [0.15, 0.2) is 30.3 Å². The Morgan fingerprint density at radius 2 is 1.89 bits per heavy atom. The van der Waals surface area contributed by atoms with Crippen LogP contribution in [0, 0.1) is 5.41 Å².